The summed E-state index contributed by atoms with van der Waals surface area (Å²) < 4.78 is 5.12. The van der Waals surface area contributed by atoms with Crippen molar-refractivity contribution in [2.24, 2.45) is 0 Å². The molecule has 0 saturated heterocycles. The zero-order chi connectivity index (χ0) is 16.1. The fourth-order valence-corrected chi connectivity index (χ4v) is 2.10. The minimum absolute atomic E-state index is 0.145. The predicted octanol–water partition coefficient (Wildman–Crippen LogP) is 2.41. The molecule has 0 unspecified atom stereocenters. The van der Waals surface area contributed by atoms with Gasteiger partial charge in [-0.25, -0.2) is 4.98 Å². The molecule has 6 nitrogen and oxygen atoms in total. The first-order valence-electron chi connectivity index (χ1n) is 7.15. The SMILES string of the molecule is COc1ccc(-c2n[nH]c(CNC(=O)c3ccccc3)n2)cc1. The lowest BCUT2D eigenvalue weighted by atomic mass is 10.2. The molecule has 6 heteroatoms. The van der Waals surface area contributed by atoms with Gasteiger partial charge in [0, 0.05) is 11.1 Å². The van der Waals surface area contributed by atoms with Crippen LogP contribution in [-0.2, 0) is 6.54 Å². The van der Waals surface area contributed by atoms with Gasteiger partial charge in [-0.2, -0.15) is 5.10 Å². The van der Waals surface area contributed by atoms with Crippen LogP contribution >= 0.6 is 0 Å². The lowest BCUT2D eigenvalue weighted by Gasteiger charge is -2.02. The Kier molecular flexibility index (Phi) is 4.33. The van der Waals surface area contributed by atoms with Gasteiger partial charge in [-0.15, -0.1) is 0 Å². The van der Waals surface area contributed by atoms with Crippen molar-refractivity contribution in [3.05, 3.63) is 66.0 Å². The van der Waals surface area contributed by atoms with E-state index in [-0.39, 0.29) is 12.5 Å². The van der Waals surface area contributed by atoms with Crippen molar-refractivity contribution in [1.29, 1.82) is 0 Å². The van der Waals surface area contributed by atoms with Gasteiger partial charge in [-0.05, 0) is 36.4 Å². The molecule has 3 aromatic rings. The second-order valence-corrected chi connectivity index (χ2v) is 4.88. The number of rotatable bonds is 5. The highest BCUT2D eigenvalue weighted by molar-refractivity contribution is 5.93. The van der Waals surface area contributed by atoms with Gasteiger partial charge in [-0.1, -0.05) is 18.2 Å². The van der Waals surface area contributed by atoms with Crippen molar-refractivity contribution in [3.8, 4) is 17.1 Å². The van der Waals surface area contributed by atoms with Crippen LogP contribution in [0.5, 0.6) is 5.75 Å². The van der Waals surface area contributed by atoms with Crippen molar-refractivity contribution < 1.29 is 9.53 Å². The lowest BCUT2D eigenvalue weighted by molar-refractivity contribution is 0.0950. The minimum Gasteiger partial charge on any atom is -0.497 e. The minimum atomic E-state index is -0.145. The fourth-order valence-electron chi connectivity index (χ4n) is 2.10. The smallest absolute Gasteiger partial charge is 0.251 e. The predicted molar refractivity (Wildman–Crippen MR) is 86.0 cm³/mol. The van der Waals surface area contributed by atoms with Gasteiger partial charge in [0.05, 0.1) is 13.7 Å². The van der Waals surface area contributed by atoms with Gasteiger partial charge in [-0.3, -0.25) is 9.89 Å². The molecule has 2 N–H and O–H groups in total. The number of hydrogen-bond acceptors (Lipinski definition) is 4. The largest absolute Gasteiger partial charge is 0.497 e. The maximum atomic E-state index is 12.0. The van der Waals surface area contributed by atoms with Gasteiger partial charge < -0.3 is 10.1 Å². The second kappa shape index (κ2) is 6.74. The molecule has 3 rings (SSSR count). The van der Waals surface area contributed by atoms with Crippen LogP contribution < -0.4 is 10.1 Å². The molecular weight excluding hydrogens is 292 g/mol. The van der Waals surface area contributed by atoms with E-state index in [4.69, 9.17) is 4.74 Å². The van der Waals surface area contributed by atoms with E-state index in [1.165, 1.54) is 0 Å². The van der Waals surface area contributed by atoms with Crippen molar-refractivity contribution >= 4 is 5.91 Å². The molecule has 0 radical (unpaired) electrons. The third kappa shape index (κ3) is 3.55. The number of H-pyrrole nitrogens is 1. The number of hydrogen-bond donors (Lipinski definition) is 2. The Labute approximate surface area is 133 Å². The van der Waals surface area contributed by atoms with Crippen LogP contribution in [0.2, 0.25) is 0 Å². The molecule has 2 aromatic carbocycles. The monoisotopic (exact) mass is 308 g/mol. The van der Waals surface area contributed by atoms with Crippen LogP contribution in [0, 0.1) is 0 Å². The van der Waals surface area contributed by atoms with Gasteiger partial charge in [0.15, 0.2) is 5.82 Å². The van der Waals surface area contributed by atoms with E-state index in [0.29, 0.717) is 17.2 Å². The average molecular weight is 308 g/mol. The molecule has 0 aliphatic heterocycles. The van der Waals surface area contributed by atoms with E-state index in [2.05, 4.69) is 20.5 Å². The molecule has 0 spiro atoms. The summed E-state index contributed by atoms with van der Waals surface area (Å²) in [6.45, 7) is 0.289. The molecule has 0 aliphatic rings. The van der Waals surface area contributed by atoms with E-state index in [1.54, 1.807) is 19.2 Å². The maximum absolute atomic E-state index is 12.0. The van der Waals surface area contributed by atoms with Crippen LogP contribution in [0.3, 0.4) is 0 Å². The first-order chi connectivity index (χ1) is 11.3. The Morgan fingerprint density at radius 1 is 1.13 bits per heavy atom. The normalized spacial score (nSPS) is 10.3. The molecule has 0 aliphatic carbocycles. The first kappa shape index (κ1) is 14.8. The quantitative estimate of drug-likeness (QED) is 0.758. The lowest BCUT2D eigenvalue weighted by Crippen LogP contribution is -2.23. The molecule has 0 bridgehead atoms. The summed E-state index contributed by atoms with van der Waals surface area (Å²) in [4.78, 5) is 16.4. The highest BCUT2D eigenvalue weighted by atomic mass is 16.5. The molecule has 0 fully saturated rings. The first-order valence-corrected chi connectivity index (χ1v) is 7.15. The Bertz CT molecular complexity index is 782. The van der Waals surface area contributed by atoms with Crippen molar-refractivity contribution in [2.45, 2.75) is 6.54 Å². The summed E-state index contributed by atoms with van der Waals surface area (Å²) in [5.74, 6) is 1.81. The number of benzene rings is 2. The van der Waals surface area contributed by atoms with Gasteiger partial charge in [0.2, 0.25) is 0 Å². The zero-order valence-electron chi connectivity index (χ0n) is 12.6. The second-order valence-electron chi connectivity index (χ2n) is 4.88. The number of nitrogens with one attached hydrogen (secondary N) is 2. The van der Waals surface area contributed by atoms with E-state index in [9.17, 15) is 4.79 Å². The summed E-state index contributed by atoms with van der Waals surface area (Å²) in [5.41, 5.74) is 1.49. The van der Waals surface area contributed by atoms with Crippen LogP contribution in [0.1, 0.15) is 16.2 Å². The number of carbonyl (C=O) groups excluding carboxylic acids is 1. The van der Waals surface area contributed by atoms with Crippen LogP contribution in [0.15, 0.2) is 54.6 Å². The van der Waals surface area contributed by atoms with E-state index in [1.807, 2.05) is 42.5 Å². The zero-order valence-corrected chi connectivity index (χ0v) is 12.6. The molecule has 0 atom stereocenters. The number of carbonyl (C=O) groups is 1. The molecule has 1 amide bonds. The summed E-state index contributed by atoms with van der Waals surface area (Å²) in [6, 6.07) is 16.5. The fraction of sp³-hybridized carbons (Fsp3) is 0.118. The Morgan fingerprint density at radius 2 is 1.87 bits per heavy atom. The van der Waals surface area contributed by atoms with Crippen molar-refractivity contribution in [1.82, 2.24) is 20.5 Å². The summed E-state index contributed by atoms with van der Waals surface area (Å²) in [5, 5.41) is 9.80. The van der Waals surface area contributed by atoms with Gasteiger partial charge in [0.1, 0.15) is 11.6 Å². The highest BCUT2D eigenvalue weighted by Crippen LogP contribution is 2.18. The number of ether oxygens (including phenoxy) is 1. The summed E-state index contributed by atoms with van der Waals surface area (Å²) in [7, 11) is 1.62. The van der Waals surface area contributed by atoms with Gasteiger partial charge in [0.25, 0.3) is 5.91 Å². The van der Waals surface area contributed by atoms with Crippen molar-refractivity contribution in [2.75, 3.05) is 7.11 Å². The number of aromatic nitrogens is 3. The Hall–Kier alpha value is -3.15. The highest BCUT2D eigenvalue weighted by Gasteiger charge is 2.08. The van der Waals surface area contributed by atoms with E-state index in [0.717, 1.165) is 11.3 Å². The third-order valence-corrected chi connectivity index (χ3v) is 3.33. The molecule has 116 valence electrons. The Balaban J connectivity index is 1.64. The number of nitrogens with zero attached hydrogens (tertiary/aromatic N) is 2. The third-order valence-electron chi connectivity index (χ3n) is 3.33. The molecule has 23 heavy (non-hydrogen) atoms. The standard InChI is InChI=1S/C17H16N4O2/c1-23-14-9-7-12(8-10-14)16-19-15(20-21-16)11-18-17(22)13-5-3-2-4-6-13/h2-10H,11H2,1H3,(H,18,22)(H,19,20,21). The van der Waals surface area contributed by atoms with Gasteiger partial charge >= 0.3 is 0 Å². The van der Waals surface area contributed by atoms with Crippen LogP contribution in [-0.4, -0.2) is 28.2 Å². The molecule has 1 heterocycles. The van der Waals surface area contributed by atoms with Crippen LogP contribution in [0.4, 0.5) is 0 Å². The Morgan fingerprint density at radius 3 is 2.57 bits per heavy atom. The van der Waals surface area contributed by atoms with E-state index >= 15 is 0 Å². The van der Waals surface area contributed by atoms with Crippen LogP contribution in [0.25, 0.3) is 11.4 Å². The summed E-state index contributed by atoms with van der Waals surface area (Å²) >= 11 is 0. The molecule has 0 saturated carbocycles. The molecule has 1 aromatic heterocycles. The number of methoxy groups -OCH3 is 1. The van der Waals surface area contributed by atoms with Crippen molar-refractivity contribution in [3.63, 3.8) is 0 Å². The maximum Gasteiger partial charge on any atom is 0.251 e. The van der Waals surface area contributed by atoms with E-state index < -0.39 is 0 Å². The average Bonchev–Trinajstić information content (AvgIpc) is 3.09. The topological polar surface area (TPSA) is 79.9 Å². The number of aromatic amines is 1. The number of amides is 1. The summed E-state index contributed by atoms with van der Waals surface area (Å²) in [6.07, 6.45) is 0. The molecular formula is C17H16N4O2.